The third-order valence-corrected chi connectivity index (χ3v) is 6.97. The summed E-state index contributed by atoms with van der Waals surface area (Å²) in [4.78, 5) is 17.6. The highest BCUT2D eigenvalue weighted by atomic mass is 35.5. The third kappa shape index (κ3) is 4.61. The molecule has 0 radical (unpaired) electrons. The largest absolute Gasteiger partial charge is 0.379 e. The Labute approximate surface area is 171 Å². The number of hydrogen-bond donors (Lipinski definition) is 0. The van der Waals surface area contributed by atoms with Crippen LogP contribution in [0, 0.1) is 11.8 Å². The quantitative estimate of drug-likeness (QED) is 0.667. The van der Waals surface area contributed by atoms with Crippen LogP contribution in [0.3, 0.4) is 0 Å². The van der Waals surface area contributed by atoms with Crippen molar-refractivity contribution in [2.24, 2.45) is 11.8 Å². The minimum atomic E-state index is 0.0117. The average molecular weight is 411 g/mol. The van der Waals surface area contributed by atoms with Gasteiger partial charge < -0.3 is 9.64 Å². The van der Waals surface area contributed by atoms with Gasteiger partial charge in [0, 0.05) is 38.6 Å². The normalized spacial score (nSPS) is 22.1. The van der Waals surface area contributed by atoms with Crippen LogP contribution in [-0.2, 0) is 9.53 Å². The lowest BCUT2D eigenvalue weighted by Gasteiger charge is -2.36. The molecule has 2 aliphatic carbocycles. The van der Waals surface area contributed by atoms with Crippen molar-refractivity contribution in [3.8, 4) is 0 Å². The predicted molar refractivity (Wildman–Crippen MR) is 108 cm³/mol. The molecule has 0 bridgehead atoms. The first-order valence-electron chi connectivity index (χ1n) is 10.1. The molecule has 4 rings (SSSR count). The van der Waals surface area contributed by atoms with E-state index in [9.17, 15) is 4.79 Å². The molecule has 4 nitrogen and oxygen atoms in total. The summed E-state index contributed by atoms with van der Waals surface area (Å²) in [5.74, 6) is 1.68. The lowest BCUT2D eigenvalue weighted by atomic mass is 9.99. The van der Waals surface area contributed by atoms with Gasteiger partial charge in [0.15, 0.2) is 0 Å². The van der Waals surface area contributed by atoms with Crippen LogP contribution in [0.5, 0.6) is 0 Å². The topological polar surface area (TPSA) is 32.8 Å². The molecule has 2 saturated carbocycles. The first kappa shape index (κ1) is 19.5. The summed E-state index contributed by atoms with van der Waals surface area (Å²) in [6, 6.07) is 6.20. The number of halogens is 2. The molecule has 3 aliphatic rings. The van der Waals surface area contributed by atoms with Crippen molar-refractivity contribution in [3.63, 3.8) is 0 Å². The highest BCUT2D eigenvalue weighted by Crippen LogP contribution is 2.47. The van der Waals surface area contributed by atoms with Gasteiger partial charge in [0.05, 0.1) is 23.3 Å². The van der Waals surface area contributed by atoms with Gasteiger partial charge in [-0.2, -0.15) is 0 Å². The number of carbonyl (C=O) groups excluding carboxylic acids is 1. The Morgan fingerprint density at radius 1 is 1.15 bits per heavy atom. The molecule has 1 atom stereocenters. The Balaban J connectivity index is 1.52. The minimum Gasteiger partial charge on any atom is -0.379 e. The van der Waals surface area contributed by atoms with Gasteiger partial charge in [-0.25, -0.2) is 0 Å². The SMILES string of the molecule is CN(C(=O)C[C@@H](c1ccc(Cl)c(Cl)c1)N1CCOCC1)C(C1CC1)C1CC1. The number of amides is 1. The van der Waals surface area contributed by atoms with Crippen molar-refractivity contribution >= 4 is 29.1 Å². The first-order valence-corrected chi connectivity index (χ1v) is 10.8. The first-order chi connectivity index (χ1) is 13.0. The molecule has 0 unspecified atom stereocenters. The van der Waals surface area contributed by atoms with Gasteiger partial charge in [0.2, 0.25) is 5.91 Å². The predicted octanol–water partition coefficient (Wildman–Crippen LogP) is 4.40. The monoisotopic (exact) mass is 410 g/mol. The standard InChI is InChI=1S/C21H28Cl2N2O2/c1-24(21(14-2-3-14)15-4-5-15)20(26)13-19(25-8-10-27-11-9-25)16-6-7-17(22)18(23)12-16/h6-7,12,14-15,19,21H,2-5,8-11,13H2,1H3/t19-/m0/s1. The zero-order chi connectivity index (χ0) is 19.0. The fourth-order valence-corrected chi connectivity index (χ4v) is 4.74. The number of carbonyl (C=O) groups is 1. The van der Waals surface area contributed by atoms with Gasteiger partial charge in [-0.05, 0) is 55.2 Å². The molecule has 1 aliphatic heterocycles. The second kappa shape index (κ2) is 8.28. The molecule has 1 aromatic carbocycles. The summed E-state index contributed by atoms with van der Waals surface area (Å²) < 4.78 is 5.51. The molecule has 1 saturated heterocycles. The molecule has 6 heteroatoms. The molecule has 1 amide bonds. The van der Waals surface area contributed by atoms with Gasteiger partial charge in [-0.15, -0.1) is 0 Å². The highest BCUT2D eigenvalue weighted by Gasteiger charge is 2.45. The van der Waals surface area contributed by atoms with Crippen LogP contribution in [0.1, 0.15) is 43.7 Å². The van der Waals surface area contributed by atoms with Gasteiger partial charge in [-0.3, -0.25) is 9.69 Å². The lowest BCUT2D eigenvalue weighted by molar-refractivity contribution is -0.134. The number of hydrogen-bond acceptors (Lipinski definition) is 3. The number of benzene rings is 1. The Morgan fingerprint density at radius 2 is 1.78 bits per heavy atom. The summed E-state index contributed by atoms with van der Waals surface area (Å²) in [6.45, 7) is 3.07. The maximum Gasteiger partial charge on any atom is 0.224 e. The Kier molecular flexibility index (Phi) is 5.98. The fourth-order valence-electron chi connectivity index (χ4n) is 4.44. The number of morpholine rings is 1. The maximum absolute atomic E-state index is 13.2. The summed E-state index contributed by atoms with van der Waals surface area (Å²) >= 11 is 12.4. The van der Waals surface area contributed by atoms with Crippen molar-refractivity contribution in [1.82, 2.24) is 9.80 Å². The zero-order valence-electron chi connectivity index (χ0n) is 15.9. The van der Waals surface area contributed by atoms with Crippen LogP contribution < -0.4 is 0 Å². The van der Waals surface area contributed by atoms with Crippen molar-refractivity contribution in [1.29, 1.82) is 0 Å². The zero-order valence-corrected chi connectivity index (χ0v) is 17.4. The van der Waals surface area contributed by atoms with Crippen LogP contribution in [0.2, 0.25) is 10.0 Å². The van der Waals surface area contributed by atoms with Crippen LogP contribution in [0.4, 0.5) is 0 Å². The van der Waals surface area contributed by atoms with E-state index in [-0.39, 0.29) is 11.9 Å². The Bertz CT molecular complexity index is 673. The smallest absolute Gasteiger partial charge is 0.224 e. The molecular weight excluding hydrogens is 383 g/mol. The van der Waals surface area contributed by atoms with Crippen LogP contribution in [-0.4, -0.2) is 55.1 Å². The lowest BCUT2D eigenvalue weighted by Crippen LogP contribution is -2.44. The van der Waals surface area contributed by atoms with E-state index in [1.807, 2.05) is 25.2 Å². The van der Waals surface area contributed by atoms with E-state index in [0.29, 0.717) is 35.7 Å². The molecule has 148 valence electrons. The Morgan fingerprint density at radius 3 is 2.33 bits per heavy atom. The maximum atomic E-state index is 13.2. The van der Waals surface area contributed by atoms with Gasteiger partial charge in [0.25, 0.3) is 0 Å². The molecule has 0 N–H and O–H groups in total. The molecule has 0 aromatic heterocycles. The summed E-state index contributed by atoms with van der Waals surface area (Å²) in [5, 5.41) is 1.09. The van der Waals surface area contributed by atoms with Crippen LogP contribution in [0.15, 0.2) is 18.2 Å². The van der Waals surface area contributed by atoms with E-state index in [1.165, 1.54) is 25.7 Å². The van der Waals surface area contributed by atoms with Crippen molar-refractivity contribution in [3.05, 3.63) is 33.8 Å². The van der Waals surface area contributed by atoms with Gasteiger partial charge in [-0.1, -0.05) is 29.3 Å². The van der Waals surface area contributed by atoms with E-state index < -0.39 is 0 Å². The third-order valence-electron chi connectivity index (χ3n) is 6.23. The molecule has 1 heterocycles. The molecule has 27 heavy (non-hydrogen) atoms. The highest BCUT2D eigenvalue weighted by molar-refractivity contribution is 6.42. The van der Waals surface area contributed by atoms with E-state index in [1.54, 1.807) is 0 Å². The molecule has 1 aromatic rings. The van der Waals surface area contributed by atoms with Gasteiger partial charge in [0.1, 0.15) is 0 Å². The second-order valence-corrected chi connectivity index (χ2v) is 9.03. The van der Waals surface area contributed by atoms with E-state index in [0.717, 1.165) is 30.5 Å². The molecule has 3 fully saturated rings. The summed E-state index contributed by atoms with van der Waals surface area (Å²) in [5.41, 5.74) is 1.06. The summed E-state index contributed by atoms with van der Waals surface area (Å²) in [6.07, 6.45) is 5.58. The molecule has 0 spiro atoms. The van der Waals surface area contributed by atoms with Crippen molar-refractivity contribution in [2.45, 2.75) is 44.2 Å². The fraction of sp³-hybridized carbons (Fsp3) is 0.667. The van der Waals surface area contributed by atoms with E-state index in [4.69, 9.17) is 27.9 Å². The van der Waals surface area contributed by atoms with E-state index in [2.05, 4.69) is 9.80 Å². The van der Waals surface area contributed by atoms with Gasteiger partial charge >= 0.3 is 0 Å². The average Bonchev–Trinajstić information content (AvgIpc) is 3.58. The number of ether oxygens (including phenoxy) is 1. The Hall–Kier alpha value is -0.810. The number of rotatable bonds is 7. The second-order valence-electron chi connectivity index (χ2n) is 8.21. The van der Waals surface area contributed by atoms with E-state index >= 15 is 0 Å². The minimum absolute atomic E-state index is 0.0117. The summed E-state index contributed by atoms with van der Waals surface area (Å²) in [7, 11) is 2.01. The number of nitrogens with zero attached hydrogens (tertiary/aromatic N) is 2. The van der Waals surface area contributed by atoms with Crippen LogP contribution >= 0.6 is 23.2 Å². The molecular formula is C21H28Cl2N2O2. The van der Waals surface area contributed by atoms with Crippen molar-refractivity contribution < 1.29 is 9.53 Å². The van der Waals surface area contributed by atoms with Crippen molar-refractivity contribution in [2.75, 3.05) is 33.4 Å². The van der Waals surface area contributed by atoms with Crippen LogP contribution in [0.25, 0.3) is 0 Å².